The van der Waals surface area contributed by atoms with E-state index in [9.17, 15) is 0 Å². The van der Waals surface area contributed by atoms with Gasteiger partial charge in [0.25, 0.3) is 0 Å². The van der Waals surface area contributed by atoms with Gasteiger partial charge in [-0.25, -0.2) is 4.98 Å². The van der Waals surface area contributed by atoms with Gasteiger partial charge >= 0.3 is 0 Å². The second-order valence-corrected chi connectivity index (χ2v) is 3.86. The Kier molecular flexibility index (Phi) is 2.02. The molecule has 2 aromatic rings. The molecule has 0 aromatic carbocycles. The van der Waals surface area contributed by atoms with Crippen LogP contribution in [-0.4, -0.2) is 14.8 Å². The molecule has 0 radical (unpaired) electrons. The molecule has 0 bridgehead atoms. The fourth-order valence-corrected chi connectivity index (χ4v) is 1.72. The van der Waals surface area contributed by atoms with Crippen molar-refractivity contribution in [3.63, 3.8) is 0 Å². The van der Waals surface area contributed by atoms with Crippen molar-refractivity contribution in [1.82, 2.24) is 14.8 Å². The first-order valence-electron chi connectivity index (χ1n) is 3.94. The Bertz CT molecular complexity index is 365. The molecule has 0 aliphatic rings. The van der Waals surface area contributed by atoms with Gasteiger partial charge in [0.1, 0.15) is 5.82 Å². The highest BCUT2D eigenvalue weighted by Gasteiger charge is 2.00. The second-order valence-electron chi connectivity index (χ2n) is 2.80. The number of hydrogen-bond donors (Lipinski definition) is 1. The standard InChI is InChI=1S/C8H10N4S/c1-6-10-7(5-13-6)4-12-3-2-8(9)11-12/h2-3,5H,4H2,1H3,(H2,9,11). The highest BCUT2D eigenvalue weighted by Crippen LogP contribution is 2.09. The summed E-state index contributed by atoms with van der Waals surface area (Å²) in [5.74, 6) is 0.548. The summed E-state index contributed by atoms with van der Waals surface area (Å²) in [7, 11) is 0. The molecule has 0 amide bonds. The van der Waals surface area contributed by atoms with Crippen LogP contribution in [0.1, 0.15) is 10.7 Å². The Balaban J connectivity index is 2.14. The summed E-state index contributed by atoms with van der Waals surface area (Å²) >= 11 is 1.65. The smallest absolute Gasteiger partial charge is 0.145 e. The van der Waals surface area contributed by atoms with Crippen LogP contribution >= 0.6 is 11.3 Å². The van der Waals surface area contributed by atoms with Crippen molar-refractivity contribution in [1.29, 1.82) is 0 Å². The van der Waals surface area contributed by atoms with E-state index in [1.54, 1.807) is 22.1 Å². The quantitative estimate of drug-likeness (QED) is 0.783. The minimum absolute atomic E-state index is 0.548. The fourth-order valence-electron chi connectivity index (χ4n) is 1.11. The van der Waals surface area contributed by atoms with Gasteiger partial charge in [0.2, 0.25) is 0 Å². The van der Waals surface area contributed by atoms with Crippen molar-refractivity contribution < 1.29 is 0 Å². The Morgan fingerprint density at radius 3 is 3.00 bits per heavy atom. The highest BCUT2D eigenvalue weighted by atomic mass is 32.1. The van der Waals surface area contributed by atoms with Crippen molar-refractivity contribution >= 4 is 17.2 Å². The molecular formula is C8H10N4S. The summed E-state index contributed by atoms with van der Waals surface area (Å²) in [4.78, 5) is 4.33. The lowest BCUT2D eigenvalue weighted by Gasteiger charge is -1.95. The van der Waals surface area contributed by atoms with Gasteiger partial charge in [-0.3, -0.25) is 4.68 Å². The van der Waals surface area contributed by atoms with E-state index < -0.39 is 0 Å². The van der Waals surface area contributed by atoms with E-state index in [0.29, 0.717) is 12.4 Å². The largest absolute Gasteiger partial charge is 0.382 e. The molecule has 4 nitrogen and oxygen atoms in total. The maximum Gasteiger partial charge on any atom is 0.145 e. The molecular weight excluding hydrogens is 184 g/mol. The topological polar surface area (TPSA) is 56.7 Å². The molecule has 2 heterocycles. The van der Waals surface area contributed by atoms with Crippen molar-refractivity contribution in [2.75, 3.05) is 5.73 Å². The second kappa shape index (κ2) is 3.18. The van der Waals surface area contributed by atoms with Crippen LogP contribution in [0.5, 0.6) is 0 Å². The third kappa shape index (κ3) is 1.86. The fraction of sp³-hybridized carbons (Fsp3) is 0.250. The first kappa shape index (κ1) is 8.25. The van der Waals surface area contributed by atoms with E-state index in [2.05, 4.69) is 10.1 Å². The van der Waals surface area contributed by atoms with E-state index in [1.165, 1.54) is 0 Å². The third-order valence-electron chi connectivity index (χ3n) is 1.65. The summed E-state index contributed by atoms with van der Waals surface area (Å²) in [5, 5.41) is 7.19. The van der Waals surface area contributed by atoms with Gasteiger partial charge in [-0.1, -0.05) is 0 Å². The van der Waals surface area contributed by atoms with Gasteiger partial charge in [-0.05, 0) is 13.0 Å². The Morgan fingerprint density at radius 1 is 1.62 bits per heavy atom. The van der Waals surface area contributed by atoms with Crippen molar-refractivity contribution in [2.45, 2.75) is 13.5 Å². The lowest BCUT2D eigenvalue weighted by Crippen LogP contribution is -2.01. The molecule has 0 unspecified atom stereocenters. The number of nitrogens with zero attached hydrogens (tertiary/aromatic N) is 3. The van der Waals surface area contributed by atoms with Crippen molar-refractivity contribution in [2.24, 2.45) is 0 Å². The average Bonchev–Trinajstić information content (AvgIpc) is 2.62. The Hall–Kier alpha value is -1.36. The number of hydrogen-bond acceptors (Lipinski definition) is 4. The number of nitrogen functional groups attached to an aromatic ring is 1. The predicted octanol–water partition coefficient (Wildman–Crippen LogP) is 1.28. The summed E-state index contributed by atoms with van der Waals surface area (Å²) < 4.78 is 1.78. The summed E-state index contributed by atoms with van der Waals surface area (Å²) in [6, 6.07) is 1.78. The van der Waals surface area contributed by atoms with E-state index in [0.717, 1.165) is 10.7 Å². The van der Waals surface area contributed by atoms with Crippen LogP contribution in [0.3, 0.4) is 0 Å². The number of aromatic nitrogens is 3. The van der Waals surface area contributed by atoms with E-state index in [4.69, 9.17) is 5.73 Å². The number of nitrogens with two attached hydrogens (primary N) is 1. The molecule has 0 fully saturated rings. The van der Waals surface area contributed by atoms with Gasteiger partial charge in [0, 0.05) is 11.6 Å². The van der Waals surface area contributed by atoms with Gasteiger partial charge in [0.15, 0.2) is 0 Å². The van der Waals surface area contributed by atoms with E-state index in [-0.39, 0.29) is 0 Å². The monoisotopic (exact) mass is 194 g/mol. The number of anilines is 1. The van der Waals surface area contributed by atoms with Gasteiger partial charge in [-0.2, -0.15) is 5.10 Å². The number of rotatable bonds is 2. The summed E-state index contributed by atoms with van der Waals surface area (Å²) in [5.41, 5.74) is 6.52. The zero-order valence-corrected chi connectivity index (χ0v) is 8.08. The molecule has 68 valence electrons. The van der Waals surface area contributed by atoms with E-state index in [1.807, 2.05) is 18.5 Å². The maximum atomic E-state index is 5.49. The van der Waals surface area contributed by atoms with Crippen LogP contribution < -0.4 is 5.73 Å². The van der Waals surface area contributed by atoms with E-state index >= 15 is 0 Å². The van der Waals surface area contributed by atoms with Crippen LogP contribution in [0.25, 0.3) is 0 Å². The molecule has 0 atom stereocenters. The van der Waals surface area contributed by atoms with Crippen molar-refractivity contribution in [3.05, 3.63) is 28.3 Å². The van der Waals surface area contributed by atoms with Crippen LogP contribution in [0.15, 0.2) is 17.6 Å². The molecule has 0 saturated carbocycles. The summed E-state index contributed by atoms with van der Waals surface area (Å²) in [6.07, 6.45) is 1.85. The molecule has 0 spiro atoms. The molecule has 0 aliphatic carbocycles. The highest BCUT2D eigenvalue weighted by molar-refractivity contribution is 7.09. The van der Waals surface area contributed by atoms with Crippen molar-refractivity contribution in [3.8, 4) is 0 Å². The van der Waals surface area contributed by atoms with Crippen LogP contribution in [0, 0.1) is 6.92 Å². The average molecular weight is 194 g/mol. The normalized spacial score (nSPS) is 10.5. The SMILES string of the molecule is Cc1nc(Cn2ccc(N)n2)cs1. The Labute approximate surface area is 80.0 Å². The minimum atomic E-state index is 0.548. The molecule has 2 aromatic heterocycles. The Morgan fingerprint density at radius 2 is 2.46 bits per heavy atom. The zero-order valence-electron chi connectivity index (χ0n) is 7.27. The third-order valence-corrected chi connectivity index (χ3v) is 2.47. The number of thiazole rings is 1. The lowest BCUT2D eigenvalue weighted by molar-refractivity contribution is 0.678. The number of aryl methyl sites for hydroxylation is 1. The lowest BCUT2D eigenvalue weighted by atomic mass is 10.5. The maximum absolute atomic E-state index is 5.49. The first-order chi connectivity index (χ1) is 6.24. The molecule has 0 saturated heterocycles. The first-order valence-corrected chi connectivity index (χ1v) is 4.82. The van der Waals surface area contributed by atoms with Gasteiger partial charge in [0.05, 0.1) is 17.2 Å². The molecule has 2 N–H and O–H groups in total. The molecule has 0 aliphatic heterocycles. The molecule has 2 rings (SSSR count). The summed E-state index contributed by atoms with van der Waals surface area (Å²) in [6.45, 7) is 2.69. The molecule has 13 heavy (non-hydrogen) atoms. The predicted molar refractivity (Wildman–Crippen MR) is 52.6 cm³/mol. The van der Waals surface area contributed by atoms with Gasteiger partial charge < -0.3 is 5.73 Å². The van der Waals surface area contributed by atoms with Crippen LogP contribution in [-0.2, 0) is 6.54 Å². The van der Waals surface area contributed by atoms with Gasteiger partial charge in [-0.15, -0.1) is 11.3 Å². The molecule has 5 heteroatoms. The van der Waals surface area contributed by atoms with Crippen LogP contribution in [0.4, 0.5) is 5.82 Å². The minimum Gasteiger partial charge on any atom is -0.382 e. The zero-order chi connectivity index (χ0) is 9.26. The van der Waals surface area contributed by atoms with Crippen LogP contribution in [0.2, 0.25) is 0 Å².